The standard InChI is InChI=1S/C20H20N2O4/c1-13(18-9-14-5-3-4-6-16(14)26-18)22(2)11-20(23)21-15-7-8-17-19(10-15)25-12-24-17/h3-10,13H,11-12H2,1-2H3,(H,21,23). The van der Waals surface area contributed by atoms with E-state index in [0.717, 1.165) is 16.7 Å². The van der Waals surface area contributed by atoms with E-state index in [0.29, 0.717) is 17.2 Å². The Morgan fingerprint density at radius 3 is 2.81 bits per heavy atom. The summed E-state index contributed by atoms with van der Waals surface area (Å²) in [6.07, 6.45) is 0. The van der Waals surface area contributed by atoms with E-state index >= 15 is 0 Å². The lowest BCUT2D eigenvalue weighted by atomic mass is 10.2. The molecule has 1 N–H and O–H groups in total. The highest BCUT2D eigenvalue weighted by Gasteiger charge is 2.19. The van der Waals surface area contributed by atoms with Crippen LogP contribution in [0.15, 0.2) is 52.9 Å². The maximum absolute atomic E-state index is 12.4. The summed E-state index contributed by atoms with van der Waals surface area (Å²) >= 11 is 0. The number of nitrogens with one attached hydrogen (secondary N) is 1. The molecule has 0 bridgehead atoms. The van der Waals surface area contributed by atoms with Crippen LogP contribution in [-0.4, -0.2) is 31.2 Å². The summed E-state index contributed by atoms with van der Waals surface area (Å²) < 4.78 is 16.5. The number of amides is 1. The smallest absolute Gasteiger partial charge is 0.238 e. The van der Waals surface area contributed by atoms with Crippen LogP contribution in [0, 0.1) is 0 Å². The summed E-state index contributed by atoms with van der Waals surface area (Å²) in [6, 6.07) is 15.2. The van der Waals surface area contributed by atoms with Crippen molar-refractivity contribution in [1.82, 2.24) is 4.90 Å². The first-order chi connectivity index (χ1) is 12.6. The third kappa shape index (κ3) is 3.23. The first-order valence-corrected chi connectivity index (χ1v) is 8.48. The van der Waals surface area contributed by atoms with E-state index in [1.807, 2.05) is 49.2 Å². The Morgan fingerprint density at radius 1 is 1.15 bits per heavy atom. The van der Waals surface area contributed by atoms with Crippen molar-refractivity contribution >= 4 is 22.6 Å². The van der Waals surface area contributed by atoms with Crippen LogP contribution >= 0.6 is 0 Å². The Kier molecular flexibility index (Phi) is 4.26. The van der Waals surface area contributed by atoms with Crippen molar-refractivity contribution in [1.29, 1.82) is 0 Å². The van der Waals surface area contributed by atoms with Crippen LogP contribution in [0.5, 0.6) is 11.5 Å². The molecule has 3 aromatic rings. The first kappa shape index (κ1) is 16.5. The molecule has 1 amide bonds. The Labute approximate surface area is 151 Å². The molecule has 0 saturated carbocycles. The number of fused-ring (bicyclic) bond motifs is 2. The average Bonchev–Trinajstić information content (AvgIpc) is 3.26. The zero-order valence-corrected chi connectivity index (χ0v) is 14.7. The lowest BCUT2D eigenvalue weighted by molar-refractivity contribution is -0.117. The average molecular weight is 352 g/mol. The van der Waals surface area contributed by atoms with Crippen LogP contribution in [0.4, 0.5) is 5.69 Å². The van der Waals surface area contributed by atoms with Gasteiger partial charge in [0.2, 0.25) is 12.7 Å². The van der Waals surface area contributed by atoms with Crippen molar-refractivity contribution in [3.05, 3.63) is 54.3 Å². The van der Waals surface area contributed by atoms with Gasteiger partial charge in [0.15, 0.2) is 11.5 Å². The number of benzene rings is 2. The second kappa shape index (κ2) is 6.72. The largest absolute Gasteiger partial charge is 0.459 e. The molecular weight excluding hydrogens is 332 g/mol. The molecule has 0 saturated heterocycles. The quantitative estimate of drug-likeness (QED) is 0.757. The molecule has 0 spiro atoms. The normalized spacial score (nSPS) is 14.0. The molecule has 4 rings (SSSR count). The molecule has 0 radical (unpaired) electrons. The van der Waals surface area contributed by atoms with Gasteiger partial charge in [-0.1, -0.05) is 18.2 Å². The van der Waals surface area contributed by atoms with Gasteiger partial charge in [-0.3, -0.25) is 9.69 Å². The molecular formula is C20H20N2O4. The number of rotatable bonds is 5. The molecule has 26 heavy (non-hydrogen) atoms. The van der Waals surface area contributed by atoms with Crippen molar-refractivity contribution in [3.8, 4) is 11.5 Å². The number of ether oxygens (including phenoxy) is 2. The Balaban J connectivity index is 1.40. The minimum absolute atomic E-state index is 0.0232. The summed E-state index contributed by atoms with van der Waals surface area (Å²) in [4.78, 5) is 14.3. The van der Waals surface area contributed by atoms with Gasteiger partial charge < -0.3 is 19.2 Å². The molecule has 1 aromatic heterocycles. The van der Waals surface area contributed by atoms with E-state index in [1.165, 1.54) is 0 Å². The molecule has 6 heteroatoms. The van der Waals surface area contributed by atoms with Crippen LogP contribution in [0.1, 0.15) is 18.7 Å². The summed E-state index contributed by atoms with van der Waals surface area (Å²) in [5.74, 6) is 2.07. The highest BCUT2D eigenvalue weighted by molar-refractivity contribution is 5.92. The monoisotopic (exact) mass is 352 g/mol. The number of anilines is 1. The molecule has 134 valence electrons. The van der Waals surface area contributed by atoms with Crippen molar-refractivity contribution in [2.24, 2.45) is 0 Å². The van der Waals surface area contributed by atoms with Gasteiger partial charge in [-0.25, -0.2) is 0 Å². The number of furan rings is 1. The predicted molar refractivity (Wildman–Crippen MR) is 98.5 cm³/mol. The topological polar surface area (TPSA) is 63.9 Å². The van der Waals surface area contributed by atoms with Crippen LogP contribution in [0.2, 0.25) is 0 Å². The van der Waals surface area contributed by atoms with Gasteiger partial charge in [0.05, 0.1) is 12.6 Å². The fourth-order valence-corrected chi connectivity index (χ4v) is 2.96. The van der Waals surface area contributed by atoms with Gasteiger partial charge in [-0.2, -0.15) is 0 Å². The number of carbonyl (C=O) groups is 1. The van der Waals surface area contributed by atoms with Crippen LogP contribution in [0.3, 0.4) is 0 Å². The molecule has 2 heterocycles. The highest BCUT2D eigenvalue weighted by Crippen LogP contribution is 2.34. The molecule has 1 aliphatic rings. The maximum Gasteiger partial charge on any atom is 0.238 e. The number of para-hydroxylation sites is 1. The molecule has 1 aliphatic heterocycles. The van der Waals surface area contributed by atoms with E-state index < -0.39 is 0 Å². The Hall–Kier alpha value is -2.99. The Morgan fingerprint density at radius 2 is 1.96 bits per heavy atom. The van der Waals surface area contributed by atoms with E-state index in [2.05, 4.69) is 5.32 Å². The van der Waals surface area contributed by atoms with Crippen LogP contribution in [-0.2, 0) is 4.79 Å². The van der Waals surface area contributed by atoms with Crippen LogP contribution < -0.4 is 14.8 Å². The lowest BCUT2D eigenvalue weighted by Gasteiger charge is -2.22. The van der Waals surface area contributed by atoms with Gasteiger partial charge in [0, 0.05) is 17.1 Å². The van der Waals surface area contributed by atoms with E-state index in [4.69, 9.17) is 13.9 Å². The second-order valence-electron chi connectivity index (χ2n) is 6.39. The van der Waals surface area contributed by atoms with Gasteiger partial charge in [-0.05, 0) is 38.2 Å². The highest BCUT2D eigenvalue weighted by atomic mass is 16.7. The summed E-state index contributed by atoms with van der Waals surface area (Å²) in [5.41, 5.74) is 1.54. The lowest BCUT2D eigenvalue weighted by Crippen LogP contribution is -2.32. The number of carbonyl (C=O) groups excluding carboxylic acids is 1. The fraction of sp³-hybridized carbons (Fsp3) is 0.250. The predicted octanol–water partition coefficient (Wildman–Crippen LogP) is 3.79. The van der Waals surface area contributed by atoms with Crippen molar-refractivity contribution in [2.75, 3.05) is 25.7 Å². The molecule has 6 nitrogen and oxygen atoms in total. The van der Waals surface area contributed by atoms with E-state index in [9.17, 15) is 4.79 Å². The minimum Gasteiger partial charge on any atom is -0.459 e. The van der Waals surface area contributed by atoms with Crippen molar-refractivity contribution in [3.63, 3.8) is 0 Å². The summed E-state index contributed by atoms with van der Waals surface area (Å²) in [5, 5.41) is 3.95. The third-order valence-corrected chi connectivity index (χ3v) is 4.57. The molecule has 2 aromatic carbocycles. The summed E-state index contributed by atoms with van der Waals surface area (Å²) in [7, 11) is 1.90. The zero-order valence-electron chi connectivity index (χ0n) is 14.7. The van der Waals surface area contributed by atoms with Crippen molar-refractivity contribution < 1.29 is 18.7 Å². The van der Waals surface area contributed by atoms with Gasteiger partial charge in [0.1, 0.15) is 11.3 Å². The third-order valence-electron chi connectivity index (χ3n) is 4.57. The summed E-state index contributed by atoms with van der Waals surface area (Å²) in [6.45, 7) is 2.47. The Bertz CT molecular complexity index is 917. The minimum atomic E-state index is -0.102. The second-order valence-corrected chi connectivity index (χ2v) is 6.39. The van der Waals surface area contributed by atoms with Crippen molar-refractivity contribution in [2.45, 2.75) is 13.0 Å². The van der Waals surface area contributed by atoms with Gasteiger partial charge in [-0.15, -0.1) is 0 Å². The number of nitrogens with zero attached hydrogens (tertiary/aromatic N) is 1. The number of likely N-dealkylation sites (N-methyl/N-ethyl adjacent to an activating group) is 1. The SMILES string of the molecule is CC(c1cc2ccccc2o1)N(C)CC(=O)Nc1ccc2c(c1)OCO2. The van der Waals surface area contributed by atoms with E-state index in [-0.39, 0.29) is 25.3 Å². The molecule has 1 atom stereocenters. The van der Waals surface area contributed by atoms with Gasteiger partial charge >= 0.3 is 0 Å². The van der Waals surface area contributed by atoms with Crippen LogP contribution in [0.25, 0.3) is 11.0 Å². The molecule has 0 fully saturated rings. The van der Waals surface area contributed by atoms with Gasteiger partial charge in [0.25, 0.3) is 0 Å². The number of hydrogen-bond donors (Lipinski definition) is 1. The molecule has 0 aliphatic carbocycles. The number of hydrogen-bond acceptors (Lipinski definition) is 5. The van der Waals surface area contributed by atoms with E-state index in [1.54, 1.807) is 18.2 Å². The maximum atomic E-state index is 12.4. The first-order valence-electron chi connectivity index (χ1n) is 8.48. The zero-order chi connectivity index (χ0) is 18.1. The molecule has 1 unspecified atom stereocenters. The fourth-order valence-electron chi connectivity index (χ4n) is 2.96.